The Kier molecular flexibility index (Phi) is 4.71. The van der Waals surface area contributed by atoms with E-state index in [4.69, 9.17) is 9.47 Å². The highest BCUT2D eigenvalue weighted by Crippen LogP contribution is 2.30. The van der Waals surface area contributed by atoms with Crippen molar-refractivity contribution in [2.75, 3.05) is 13.2 Å². The van der Waals surface area contributed by atoms with Gasteiger partial charge in [-0.3, -0.25) is 0 Å². The summed E-state index contributed by atoms with van der Waals surface area (Å²) in [5.41, 5.74) is 1.01. The Morgan fingerprint density at radius 3 is 2.64 bits per heavy atom. The Bertz CT molecular complexity index is 525. The van der Waals surface area contributed by atoms with Crippen LogP contribution in [-0.2, 0) is 6.54 Å². The zero-order chi connectivity index (χ0) is 15.4. The number of hydrogen-bond donors (Lipinski definition) is 2. The molecular formula is C17H24N2O3. The van der Waals surface area contributed by atoms with Crippen molar-refractivity contribution in [1.29, 1.82) is 0 Å². The molecule has 1 heterocycles. The molecule has 1 aromatic rings. The number of nitrogens with one attached hydrogen (secondary N) is 2. The number of carbonyl (C=O) groups excluding carboxylic acids is 1. The van der Waals surface area contributed by atoms with E-state index >= 15 is 0 Å². The first kappa shape index (κ1) is 15.0. The van der Waals surface area contributed by atoms with Gasteiger partial charge in [0.05, 0.1) is 0 Å². The number of rotatable bonds is 3. The minimum absolute atomic E-state index is 0.0885. The Morgan fingerprint density at radius 2 is 1.86 bits per heavy atom. The third-order valence-corrected chi connectivity index (χ3v) is 4.41. The lowest BCUT2D eigenvalue weighted by molar-refractivity contribution is 0.171. The molecule has 0 spiro atoms. The zero-order valence-corrected chi connectivity index (χ0v) is 13.1. The topological polar surface area (TPSA) is 59.6 Å². The molecule has 0 aromatic heterocycles. The van der Waals surface area contributed by atoms with E-state index in [0.29, 0.717) is 25.8 Å². The zero-order valence-electron chi connectivity index (χ0n) is 13.1. The first-order chi connectivity index (χ1) is 10.7. The fourth-order valence-corrected chi connectivity index (χ4v) is 3.02. The van der Waals surface area contributed by atoms with Crippen LogP contribution in [0.15, 0.2) is 18.2 Å². The van der Waals surface area contributed by atoms with E-state index in [1.165, 1.54) is 12.8 Å². The normalized spacial score (nSPS) is 23.7. The fourth-order valence-electron chi connectivity index (χ4n) is 3.02. The predicted molar refractivity (Wildman–Crippen MR) is 84.2 cm³/mol. The number of hydrogen-bond acceptors (Lipinski definition) is 3. The summed E-state index contributed by atoms with van der Waals surface area (Å²) in [6.45, 7) is 3.93. The molecule has 5 heteroatoms. The minimum atomic E-state index is -0.0885. The van der Waals surface area contributed by atoms with Crippen molar-refractivity contribution in [2.45, 2.75) is 45.2 Å². The highest BCUT2D eigenvalue weighted by atomic mass is 16.6. The maximum Gasteiger partial charge on any atom is 0.315 e. The Morgan fingerprint density at radius 1 is 1.14 bits per heavy atom. The lowest BCUT2D eigenvalue weighted by Crippen LogP contribution is -2.43. The SMILES string of the molecule is CC1CCC(NC(=O)NCc2ccc3c(c2)OCCO3)CC1. The summed E-state index contributed by atoms with van der Waals surface area (Å²) in [6, 6.07) is 6.00. The fraction of sp³-hybridized carbons (Fsp3) is 0.588. The van der Waals surface area contributed by atoms with Crippen molar-refractivity contribution >= 4 is 6.03 Å². The smallest absolute Gasteiger partial charge is 0.315 e. The molecule has 1 saturated carbocycles. The van der Waals surface area contributed by atoms with Crippen LogP contribution in [0.1, 0.15) is 38.2 Å². The van der Waals surface area contributed by atoms with Gasteiger partial charge in [-0.2, -0.15) is 0 Å². The van der Waals surface area contributed by atoms with Gasteiger partial charge in [-0.15, -0.1) is 0 Å². The van der Waals surface area contributed by atoms with Crippen LogP contribution in [0.5, 0.6) is 11.5 Å². The molecule has 0 radical (unpaired) electrons. The van der Waals surface area contributed by atoms with Crippen LogP contribution in [0.3, 0.4) is 0 Å². The molecule has 3 rings (SSSR count). The molecule has 1 aromatic carbocycles. The van der Waals surface area contributed by atoms with Gasteiger partial charge in [-0.05, 0) is 49.3 Å². The van der Waals surface area contributed by atoms with Crippen molar-refractivity contribution in [3.8, 4) is 11.5 Å². The first-order valence-corrected chi connectivity index (χ1v) is 8.13. The van der Waals surface area contributed by atoms with Crippen LogP contribution in [0.25, 0.3) is 0 Å². The minimum Gasteiger partial charge on any atom is -0.486 e. The van der Waals surface area contributed by atoms with Gasteiger partial charge in [0.2, 0.25) is 0 Å². The van der Waals surface area contributed by atoms with Gasteiger partial charge in [-0.1, -0.05) is 13.0 Å². The molecule has 0 saturated heterocycles. The molecule has 2 amide bonds. The summed E-state index contributed by atoms with van der Waals surface area (Å²) in [5.74, 6) is 2.32. The summed E-state index contributed by atoms with van der Waals surface area (Å²) in [7, 11) is 0. The molecule has 2 aliphatic rings. The number of ether oxygens (including phenoxy) is 2. The van der Waals surface area contributed by atoms with Crippen LogP contribution < -0.4 is 20.1 Å². The maximum absolute atomic E-state index is 12.0. The molecule has 5 nitrogen and oxygen atoms in total. The van der Waals surface area contributed by atoms with Gasteiger partial charge >= 0.3 is 6.03 Å². The summed E-state index contributed by atoms with van der Waals surface area (Å²) in [6.07, 6.45) is 4.57. The third-order valence-electron chi connectivity index (χ3n) is 4.41. The second-order valence-electron chi connectivity index (χ2n) is 6.26. The Hall–Kier alpha value is -1.91. The first-order valence-electron chi connectivity index (χ1n) is 8.13. The van der Waals surface area contributed by atoms with E-state index in [-0.39, 0.29) is 6.03 Å². The van der Waals surface area contributed by atoms with Gasteiger partial charge < -0.3 is 20.1 Å². The van der Waals surface area contributed by atoms with Gasteiger partial charge in [-0.25, -0.2) is 4.79 Å². The van der Waals surface area contributed by atoms with Gasteiger partial charge in [0, 0.05) is 12.6 Å². The molecule has 1 fully saturated rings. The van der Waals surface area contributed by atoms with E-state index in [2.05, 4.69) is 17.6 Å². The number of urea groups is 1. The molecule has 22 heavy (non-hydrogen) atoms. The summed E-state index contributed by atoms with van der Waals surface area (Å²) in [5, 5.41) is 5.98. The summed E-state index contributed by atoms with van der Waals surface area (Å²) in [4.78, 5) is 12.0. The van der Waals surface area contributed by atoms with Crippen molar-refractivity contribution in [3.05, 3.63) is 23.8 Å². The number of amides is 2. The molecule has 0 unspecified atom stereocenters. The van der Waals surface area contributed by atoms with E-state index in [0.717, 1.165) is 35.8 Å². The largest absolute Gasteiger partial charge is 0.486 e. The molecule has 0 atom stereocenters. The predicted octanol–water partition coefficient (Wildman–Crippen LogP) is 2.84. The van der Waals surface area contributed by atoms with Crippen molar-refractivity contribution < 1.29 is 14.3 Å². The van der Waals surface area contributed by atoms with E-state index in [9.17, 15) is 4.79 Å². The molecule has 1 aliphatic carbocycles. The highest BCUT2D eigenvalue weighted by Gasteiger charge is 2.19. The molecule has 1 aliphatic heterocycles. The van der Waals surface area contributed by atoms with Crippen LogP contribution in [-0.4, -0.2) is 25.3 Å². The second-order valence-corrected chi connectivity index (χ2v) is 6.26. The van der Waals surface area contributed by atoms with Crippen molar-refractivity contribution in [3.63, 3.8) is 0 Å². The number of carbonyl (C=O) groups is 1. The van der Waals surface area contributed by atoms with Crippen LogP contribution >= 0.6 is 0 Å². The number of fused-ring (bicyclic) bond motifs is 1. The third kappa shape index (κ3) is 3.84. The monoisotopic (exact) mass is 304 g/mol. The highest BCUT2D eigenvalue weighted by molar-refractivity contribution is 5.74. The second kappa shape index (κ2) is 6.90. The van der Waals surface area contributed by atoms with Crippen LogP contribution in [0.2, 0.25) is 0 Å². The molecule has 0 bridgehead atoms. The van der Waals surface area contributed by atoms with E-state index < -0.39 is 0 Å². The average Bonchev–Trinajstić information content (AvgIpc) is 2.55. The standard InChI is InChI=1S/C17H24N2O3/c1-12-2-5-14(6-3-12)19-17(20)18-11-13-4-7-15-16(10-13)22-9-8-21-15/h4,7,10,12,14H,2-3,5-6,8-9,11H2,1H3,(H2,18,19,20). The quantitative estimate of drug-likeness (QED) is 0.902. The average molecular weight is 304 g/mol. The van der Waals surface area contributed by atoms with Gasteiger partial charge in [0.15, 0.2) is 11.5 Å². The number of benzene rings is 1. The van der Waals surface area contributed by atoms with E-state index in [1.54, 1.807) is 0 Å². The molecule has 2 N–H and O–H groups in total. The van der Waals surface area contributed by atoms with Crippen molar-refractivity contribution in [1.82, 2.24) is 10.6 Å². The molecule has 120 valence electrons. The van der Waals surface area contributed by atoms with E-state index in [1.807, 2.05) is 18.2 Å². The maximum atomic E-state index is 12.0. The lowest BCUT2D eigenvalue weighted by atomic mass is 9.87. The van der Waals surface area contributed by atoms with Crippen LogP contribution in [0.4, 0.5) is 4.79 Å². The Labute approximate surface area is 131 Å². The molecular weight excluding hydrogens is 280 g/mol. The lowest BCUT2D eigenvalue weighted by Gasteiger charge is -2.27. The van der Waals surface area contributed by atoms with Gasteiger partial charge in [0.1, 0.15) is 13.2 Å². The van der Waals surface area contributed by atoms with Gasteiger partial charge in [0.25, 0.3) is 0 Å². The Balaban J connectivity index is 1.46. The summed E-state index contributed by atoms with van der Waals surface area (Å²) >= 11 is 0. The van der Waals surface area contributed by atoms with Crippen LogP contribution in [0, 0.1) is 5.92 Å². The van der Waals surface area contributed by atoms with Crippen molar-refractivity contribution in [2.24, 2.45) is 5.92 Å². The summed E-state index contributed by atoms with van der Waals surface area (Å²) < 4.78 is 11.0.